The number of hydrogen-bond donors (Lipinski definition) is 2. The van der Waals surface area contributed by atoms with Gasteiger partial charge in [0.2, 0.25) is 11.5 Å². The lowest BCUT2D eigenvalue weighted by Gasteiger charge is -2.08. The molecule has 18 heavy (non-hydrogen) atoms. The molecule has 1 heterocycles. The number of carbonyl (C=O) groups excluding carboxylic acids is 1. The first-order valence-corrected chi connectivity index (χ1v) is 5.63. The van der Waals surface area contributed by atoms with Gasteiger partial charge >= 0.3 is 0 Å². The second-order valence-electron chi connectivity index (χ2n) is 3.53. The van der Waals surface area contributed by atoms with Gasteiger partial charge in [-0.25, -0.2) is 9.02 Å². The van der Waals surface area contributed by atoms with Gasteiger partial charge in [0.1, 0.15) is 5.82 Å². The van der Waals surface area contributed by atoms with E-state index in [4.69, 9.17) is 5.73 Å². The summed E-state index contributed by atoms with van der Waals surface area (Å²) in [6.07, 6.45) is 0. The zero-order chi connectivity index (χ0) is 13.3. The standard InChI is InChI=1S/C10H8BrFN4O2/c1-4-2-6(12)5(11)3-7(4)14-10(17)8-9(13)16-18-15-8/h2-3H,1H3,(H2,13,16)(H,14,17). The van der Waals surface area contributed by atoms with E-state index in [2.05, 4.69) is 36.2 Å². The molecule has 0 saturated carbocycles. The van der Waals surface area contributed by atoms with Gasteiger partial charge in [-0.05, 0) is 50.9 Å². The smallest absolute Gasteiger partial charge is 0.281 e. The molecule has 1 aromatic carbocycles. The van der Waals surface area contributed by atoms with Gasteiger partial charge in [-0.2, -0.15) is 0 Å². The molecule has 1 amide bonds. The van der Waals surface area contributed by atoms with E-state index in [-0.39, 0.29) is 16.0 Å². The second kappa shape index (κ2) is 4.73. The first kappa shape index (κ1) is 12.5. The molecule has 3 N–H and O–H groups in total. The molecule has 6 nitrogen and oxygen atoms in total. The van der Waals surface area contributed by atoms with Crippen molar-refractivity contribution in [2.45, 2.75) is 6.92 Å². The van der Waals surface area contributed by atoms with Crippen LogP contribution in [0, 0.1) is 12.7 Å². The molecule has 8 heteroatoms. The van der Waals surface area contributed by atoms with Crippen LogP contribution in [0.3, 0.4) is 0 Å². The quantitative estimate of drug-likeness (QED) is 0.885. The molecular formula is C10H8BrFN4O2. The van der Waals surface area contributed by atoms with E-state index in [1.54, 1.807) is 6.92 Å². The number of benzene rings is 1. The summed E-state index contributed by atoms with van der Waals surface area (Å²) in [5, 5.41) is 9.21. The maximum absolute atomic E-state index is 13.2. The van der Waals surface area contributed by atoms with Crippen molar-refractivity contribution in [3.05, 3.63) is 33.7 Å². The number of amides is 1. The van der Waals surface area contributed by atoms with Gasteiger partial charge in [-0.1, -0.05) is 0 Å². The fraction of sp³-hybridized carbons (Fsp3) is 0.100. The molecule has 0 aliphatic carbocycles. The van der Waals surface area contributed by atoms with Gasteiger partial charge < -0.3 is 11.1 Å². The van der Waals surface area contributed by atoms with Crippen molar-refractivity contribution < 1.29 is 13.8 Å². The Kier molecular flexibility index (Phi) is 3.28. The zero-order valence-corrected chi connectivity index (χ0v) is 10.8. The number of anilines is 2. The van der Waals surface area contributed by atoms with Crippen LogP contribution in [0.15, 0.2) is 21.2 Å². The summed E-state index contributed by atoms with van der Waals surface area (Å²) in [5.41, 5.74) is 6.28. The Hall–Kier alpha value is -1.96. The molecule has 0 spiro atoms. The van der Waals surface area contributed by atoms with Gasteiger partial charge in [0.15, 0.2) is 0 Å². The Labute approximate surface area is 109 Å². The number of nitrogens with one attached hydrogen (secondary N) is 1. The molecule has 0 unspecified atom stereocenters. The van der Waals surface area contributed by atoms with Crippen LogP contribution in [0.4, 0.5) is 15.9 Å². The molecular weight excluding hydrogens is 307 g/mol. The van der Waals surface area contributed by atoms with Gasteiger partial charge in [0.05, 0.1) is 4.47 Å². The second-order valence-corrected chi connectivity index (χ2v) is 4.39. The number of rotatable bonds is 2. The molecule has 2 aromatic rings. The van der Waals surface area contributed by atoms with Crippen molar-refractivity contribution in [2.75, 3.05) is 11.1 Å². The van der Waals surface area contributed by atoms with Crippen LogP contribution in [-0.4, -0.2) is 16.2 Å². The Morgan fingerprint density at radius 1 is 1.50 bits per heavy atom. The molecule has 2 rings (SSSR count). The number of carbonyl (C=O) groups is 1. The number of aryl methyl sites for hydroxylation is 1. The van der Waals surface area contributed by atoms with E-state index in [0.717, 1.165) is 0 Å². The first-order chi connectivity index (χ1) is 8.49. The maximum Gasteiger partial charge on any atom is 0.281 e. The number of nitrogen functional groups attached to an aromatic ring is 1. The molecule has 1 aromatic heterocycles. The van der Waals surface area contributed by atoms with Crippen LogP contribution in [-0.2, 0) is 0 Å². The van der Waals surface area contributed by atoms with Crippen molar-refractivity contribution in [1.29, 1.82) is 0 Å². The number of nitrogens with zero attached hydrogens (tertiary/aromatic N) is 2. The summed E-state index contributed by atoms with van der Waals surface area (Å²) in [6.45, 7) is 1.66. The number of nitrogens with two attached hydrogens (primary N) is 1. The SMILES string of the molecule is Cc1cc(F)c(Br)cc1NC(=O)c1nonc1N. The zero-order valence-electron chi connectivity index (χ0n) is 9.20. The summed E-state index contributed by atoms with van der Waals surface area (Å²) in [4.78, 5) is 11.8. The predicted molar refractivity (Wildman–Crippen MR) is 65.5 cm³/mol. The molecule has 0 aliphatic heterocycles. The highest BCUT2D eigenvalue weighted by Gasteiger charge is 2.17. The monoisotopic (exact) mass is 314 g/mol. The highest BCUT2D eigenvalue weighted by atomic mass is 79.9. The summed E-state index contributed by atoms with van der Waals surface area (Å²) in [5.74, 6) is -1.09. The normalized spacial score (nSPS) is 10.4. The van der Waals surface area contributed by atoms with Gasteiger partial charge in [0.25, 0.3) is 5.91 Å². The summed E-state index contributed by atoms with van der Waals surface area (Å²) < 4.78 is 17.8. The van der Waals surface area contributed by atoms with E-state index >= 15 is 0 Å². The fourth-order valence-electron chi connectivity index (χ4n) is 1.32. The van der Waals surface area contributed by atoms with Crippen molar-refractivity contribution in [3.8, 4) is 0 Å². The van der Waals surface area contributed by atoms with Crippen LogP contribution in [0.25, 0.3) is 0 Å². The highest BCUT2D eigenvalue weighted by molar-refractivity contribution is 9.10. The van der Waals surface area contributed by atoms with Crippen molar-refractivity contribution in [2.24, 2.45) is 0 Å². The molecule has 0 saturated heterocycles. The minimum Gasteiger partial charge on any atom is -0.379 e. The average molecular weight is 315 g/mol. The number of aromatic nitrogens is 2. The van der Waals surface area contributed by atoms with E-state index in [1.165, 1.54) is 12.1 Å². The van der Waals surface area contributed by atoms with Gasteiger partial charge in [-0.3, -0.25) is 4.79 Å². The Morgan fingerprint density at radius 2 is 2.22 bits per heavy atom. The van der Waals surface area contributed by atoms with E-state index in [1.807, 2.05) is 0 Å². The third-order valence-electron chi connectivity index (χ3n) is 2.24. The topological polar surface area (TPSA) is 94.0 Å². The largest absolute Gasteiger partial charge is 0.379 e. The lowest BCUT2D eigenvalue weighted by Crippen LogP contribution is -2.15. The van der Waals surface area contributed by atoms with Gasteiger partial charge in [0, 0.05) is 5.69 Å². The van der Waals surface area contributed by atoms with Crippen LogP contribution in [0.1, 0.15) is 16.1 Å². The molecule has 0 fully saturated rings. The molecule has 94 valence electrons. The fourth-order valence-corrected chi connectivity index (χ4v) is 1.66. The van der Waals surface area contributed by atoms with Crippen molar-refractivity contribution in [3.63, 3.8) is 0 Å². The Bertz CT molecular complexity index is 614. The third-order valence-corrected chi connectivity index (χ3v) is 2.85. The van der Waals surface area contributed by atoms with Crippen LogP contribution in [0.5, 0.6) is 0 Å². The molecule has 0 atom stereocenters. The molecule has 0 bridgehead atoms. The summed E-state index contributed by atoms with van der Waals surface area (Å²) in [6, 6.07) is 2.75. The molecule has 0 aliphatic rings. The summed E-state index contributed by atoms with van der Waals surface area (Å²) in [7, 11) is 0. The van der Waals surface area contributed by atoms with Gasteiger partial charge in [-0.15, -0.1) is 0 Å². The number of halogens is 2. The third kappa shape index (κ3) is 2.33. The van der Waals surface area contributed by atoms with Crippen LogP contribution >= 0.6 is 15.9 Å². The summed E-state index contributed by atoms with van der Waals surface area (Å²) >= 11 is 3.04. The van der Waals surface area contributed by atoms with E-state index in [0.29, 0.717) is 11.3 Å². The first-order valence-electron chi connectivity index (χ1n) is 4.84. The van der Waals surface area contributed by atoms with Crippen LogP contribution < -0.4 is 11.1 Å². The molecule has 0 radical (unpaired) electrons. The minimum atomic E-state index is -0.574. The van der Waals surface area contributed by atoms with Crippen LogP contribution in [0.2, 0.25) is 0 Å². The highest BCUT2D eigenvalue weighted by Crippen LogP contribution is 2.24. The lowest BCUT2D eigenvalue weighted by molar-refractivity contribution is 0.101. The maximum atomic E-state index is 13.2. The Balaban J connectivity index is 2.28. The average Bonchev–Trinajstić information content (AvgIpc) is 2.72. The Morgan fingerprint density at radius 3 is 2.83 bits per heavy atom. The minimum absolute atomic E-state index is 0.105. The van der Waals surface area contributed by atoms with Crippen molar-refractivity contribution >= 4 is 33.3 Å². The van der Waals surface area contributed by atoms with E-state index in [9.17, 15) is 9.18 Å². The number of hydrogen-bond acceptors (Lipinski definition) is 5. The van der Waals surface area contributed by atoms with E-state index < -0.39 is 11.7 Å². The van der Waals surface area contributed by atoms with Crippen molar-refractivity contribution in [1.82, 2.24) is 10.3 Å². The predicted octanol–water partition coefficient (Wildman–Crippen LogP) is 2.11. The lowest BCUT2D eigenvalue weighted by atomic mass is 10.2.